The molecule has 0 aromatic heterocycles. The van der Waals surface area contributed by atoms with Crippen molar-refractivity contribution in [2.45, 2.75) is 30.7 Å². The van der Waals surface area contributed by atoms with E-state index in [-0.39, 0.29) is 22.5 Å². The normalized spacial score (nSPS) is 25.2. The number of anilines is 1. The number of ether oxygens (including phenoxy) is 2. The van der Waals surface area contributed by atoms with E-state index in [0.717, 1.165) is 43.9 Å². The molecule has 0 spiro atoms. The molecular formula is C24H29ClFN3O3. The van der Waals surface area contributed by atoms with Gasteiger partial charge >= 0.3 is 6.03 Å². The Bertz CT molecular complexity index is 1000. The van der Waals surface area contributed by atoms with Gasteiger partial charge in [0.05, 0.1) is 19.2 Å². The third kappa shape index (κ3) is 4.36. The van der Waals surface area contributed by atoms with Crippen LogP contribution in [0.2, 0.25) is 5.02 Å². The maximum absolute atomic E-state index is 13.4. The van der Waals surface area contributed by atoms with Gasteiger partial charge in [0.25, 0.3) is 0 Å². The first-order valence-corrected chi connectivity index (χ1v) is 11.2. The zero-order valence-corrected chi connectivity index (χ0v) is 19.3. The molecule has 3 unspecified atom stereocenters. The van der Waals surface area contributed by atoms with Gasteiger partial charge in [-0.15, -0.1) is 0 Å². The fourth-order valence-electron chi connectivity index (χ4n) is 5.38. The molecule has 6 nitrogen and oxygen atoms in total. The summed E-state index contributed by atoms with van der Waals surface area (Å²) in [6.07, 6.45) is 2.72. The van der Waals surface area contributed by atoms with Gasteiger partial charge in [0, 0.05) is 30.2 Å². The van der Waals surface area contributed by atoms with E-state index in [9.17, 15) is 9.18 Å². The van der Waals surface area contributed by atoms with Crippen LogP contribution < -0.4 is 20.1 Å². The number of amides is 2. The zero-order valence-electron chi connectivity index (χ0n) is 18.6. The maximum Gasteiger partial charge on any atom is 0.319 e. The molecule has 1 aliphatic heterocycles. The number of urea groups is 1. The third-order valence-electron chi connectivity index (χ3n) is 6.84. The second-order valence-electron chi connectivity index (χ2n) is 8.82. The first kappa shape index (κ1) is 22.7. The number of methoxy groups -OCH3 is 2. The van der Waals surface area contributed by atoms with Crippen LogP contribution in [0.4, 0.5) is 14.9 Å². The molecule has 2 amide bonds. The molecule has 2 N–H and O–H groups in total. The van der Waals surface area contributed by atoms with Gasteiger partial charge in [0.1, 0.15) is 5.82 Å². The van der Waals surface area contributed by atoms with E-state index in [2.05, 4.69) is 34.7 Å². The van der Waals surface area contributed by atoms with E-state index in [1.165, 1.54) is 23.8 Å². The van der Waals surface area contributed by atoms with Gasteiger partial charge in [-0.05, 0) is 68.1 Å². The molecule has 1 aliphatic carbocycles. The van der Waals surface area contributed by atoms with Crippen LogP contribution in [0.15, 0.2) is 36.4 Å². The fourth-order valence-corrected chi connectivity index (χ4v) is 5.56. The van der Waals surface area contributed by atoms with Crippen molar-refractivity contribution in [3.8, 4) is 11.5 Å². The summed E-state index contributed by atoms with van der Waals surface area (Å²) < 4.78 is 24.3. The van der Waals surface area contributed by atoms with E-state index in [4.69, 9.17) is 21.1 Å². The Morgan fingerprint density at radius 3 is 2.69 bits per heavy atom. The molecule has 1 saturated heterocycles. The Balaban J connectivity index is 1.47. The Kier molecular flexibility index (Phi) is 6.49. The van der Waals surface area contributed by atoms with Crippen LogP contribution in [0.1, 0.15) is 24.8 Å². The van der Waals surface area contributed by atoms with Crippen molar-refractivity contribution in [3.05, 3.63) is 52.8 Å². The van der Waals surface area contributed by atoms with E-state index in [0.29, 0.717) is 11.6 Å². The molecule has 2 aromatic rings. The molecule has 0 bridgehead atoms. The minimum Gasteiger partial charge on any atom is -0.493 e. The highest BCUT2D eigenvalue weighted by atomic mass is 35.5. The Labute approximate surface area is 193 Å². The number of likely N-dealkylation sites (tertiary alicyclic amines) is 1. The zero-order chi connectivity index (χ0) is 22.9. The predicted molar refractivity (Wildman–Crippen MR) is 123 cm³/mol. The Morgan fingerprint density at radius 1 is 1.19 bits per heavy atom. The first-order chi connectivity index (χ1) is 15.3. The quantitative estimate of drug-likeness (QED) is 0.679. The highest BCUT2D eigenvalue weighted by Crippen LogP contribution is 2.49. The number of carbonyl (C=O) groups excluding carboxylic acids is 1. The molecule has 8 heteroatoms. The second kappa shape index (κ2) is 9.16. The summed E-state index contributed by atoms with van der Waals surface area (Å²) in [5.41, 5.74) is 1.74. The second-order valence-corrected chi connectivity index (χ2v) is 9.23. The summed E-state index contributed by atoms with van der Waals surface area (Å²) in [6.45, 7) is 1.95. The summed E-state index contributed by atoms with van der Waals surface area (Å²) in [5, 5.41) is 5.82. The average Bonchev–Trinajstić information content (AvgIpc) is 3.12. The van der Waals surface area contributed by atoms with Gasteiger partial charge in [-0.2, -0.15) is 0 Å². The first-order valence-electron chi connectivity index (χ1n) is 10.8. The number of hydrogen-bond donors (Lipinski definition) is 2. The highest BCUT2D eigenvalue weighted by molar-refractivity contribution is 6.31. The van der Waals surface area contributed by atoms with Crippen LogP contribution in [0.5, 0.6) is 11.5 Å². The molecule has 1 heterocycles. The standard InChI is InChI=1S/C24H29ClFN3O3/c1-29-13-16-10-18(28-23(30)27-17-5-6-20(26)19(25)12-17)8-9-24(16,14-29)15-4-7-21(31-2)22(11-15)32-3/h4-7,11-12,16,18H,8-10,13-14H2,1-3H3,(H2,27,28,30). The van der Waals surface area contributed by atoms with Crippen LogP contribution in [0.3, 0.4) is 0 Å². The predicted octanol–water partition coefficient (Wildman–Crippen LogP) is 4.67. The number of benzene rings is 2. The summed E-state index contributed by atoms with van der Waals surface area (Å²) >= 11 is 5.81. The molecule has 2 aliphatic rings. The van der Waals surface area contributed by atoms with Gasteiger partial charge in [0.15, 0.2) is 11.5 Å². The highest BCUT2D eigenvalue weighted by Gasteiger charge is 2.50. The van der Waals surface area contributed by atoms with Crippen molar-refractivity contribution in [2.24, 2.45) is 5.92 Å². The van der Waals surface area contributed by atoms with E-state index in [1.807, 2.05) is 6.07 Å². The topological polar surface area (TPSA) is 62.8 Å². The third-order valence-corrected chi connectivity index (χ3v) is 7.13. The largest absolute Gasteiger partial charge is 0.493 e. The number of rotatable bonds is 5. The lowest BCUT2D eigenvalue weighted by molar-refractivity contribution is 0.197. The maximum atomic E-state index is 13.4. The van der Waals surface area contributed by atoms with Crippen LogP contribution >= 0.6 is 11.6 Å². The number of likely N-dealkylation sites (N-methyl/N-ethyl adjacent to an activating group) is 1. The molecule has 0 radical (unpaired) electrons. The molecule has 32 heavy (non-hydrogen) atoms. The van der Waals surface area contributed by atoms with Crippen molar-refractivity contribution < 1.29 is 18.7 Å². The van der Waals surface area contributed by atoms with Crippen molar-refractivity contribution >= 4 is 23.3 Å². The number of nitrogens with zero attached hydrogens (tertiary/aromatic N) is 1. The molecular weight excluding hydrogens is 433 g/mol. The van der Waals surface area contributed by atoms with E-state index < -0.39 is 5.82 Å². The minimum absolute atomic E-state index is 0.0193. The molecule has 3 atom stereocenters. The van der Waals surface area contributed by atoms with E-state index >= 15 is 0 Å². The molecule has 4 rings (SSSR count). The van der Waals surface area contributed by atoms with Crippen LogP contribution in [0, 0.1) is 11.7 Å². The average molecular weight is 462 g/mol. The van der Waals surface area contributed by atoms with Crippen LogP contribution in [0.25, 0.3) is 0 Å². The smallest absolute Gasteiger partial charge is 0.319 e. The van der Waals surface area contributed by atoms with Gasteiger partial charge < -0.3 is 25.0 Å². The lowest BCUT2D eigenvalue weighted by Crippen LogP contribution is -2.48. The van der Waals surface area contributed by atoms with Crippen molar-refractivity contribution in [1.29, 1.82) is 0 Å². The fraction of sp³-hybridized carbons (Fsp3) is 0.458. The van der Waals surface area contributed by atoms with Gasteiger partial charge in [-0.3, -0.25) is 0 Å². The Hall–Kier alpha value is -2.51. The molecule has 2 fully saturated rings. The summed E-state index contributed by atoms with van der Waals surface area (Å²) in [7, 11) is 5.45. The number of carbonyl (C=O) groups is 1. The van der Waals surface area contributed by atoms with Crippen molar-refractivity contribution in [1.82, 2.24) is 10.2 Å². The Morgan fingerprint density at radius 2 is 1.97 bits per heavy atom. The number of fused-ring (bicyclic) bond motifs is 1. The van der Waals surface area contributed by atoms with Gasteiger partial charge in [-0.25, -0.2) is 9.18 Å². The lowest BCUT2D eigenvalue weighted by atomic mass is 9.63. The monoisotopic (exact) mass is 461 g/mol. The van der Waals surface area contributed by atoms with Gasteiger partial charge in [-0.1, -0.05) is 17.7 Å². The number of nitrogens with one attached hydrogen (secondary N) is 2. The molecule has 2 aromatic carbocycles. The van der Waals surface area contributed by atoms with Gasteiger partial charge in [0.2, 0.25) is 0 Å². The number of halogens is 2. The van der Waals surface area contributed by atoms with E-state index in [1.54, 1.807) is 14.2 Å². The lowest BCUT2D eigenvalue weighted by Gasteiger charge is -2.42. The SMILES string of the molecule is COc1ccc(C23CCC(NC(=O)Nc4ccc(F)c(Cl)c4)CC2CN(C)C3)cc1OC. The van der Waals surface area contributed by atoms with Crippen LogP contribution in [-0.2, 0) is 5.41 Å². The molecule has 172 valence electrons. The van der Waals surface area contributed by atoms with Crippen molar-refractivity contribution in [2.75, 3.05) is 39.7 Å². The molecule has 1 saturated carbocycles. The summed E-state index contributed by atoms with van der Waals surface area (Å²) in [4.78, 5) is 14.9. The number of hydrogen-bond acceptors (Lipinski definition) is 4. The van der Waals surface area contributed by atoms with Crippen molar-refractivity contribution in [3.63, 3.8) is 0 Å². The van der Waals surface area contributed by atoms with Crippen LogP contribution in [-0.4, -0.2) is 51.3 Å². The summed E-state index contributed by atoms with van der Waals surface area (Å²) in [6, 6.07) is 10.1. The summed E-state index contributed by atoms with van der Waals surface area (Å²) in [5.74, 6) is 1.36. The minimum atomic E-state index is -0.512.